The van der Waals surface area contributed by atoms with E-state index in [1.165, 1.54) is 12.1 Å². The van der Waals surface area contributed by atoms with Crippen molar-refractivity contribution < 1.29 is 9.18 Å². The number of thiazole rings is 1. The van der Waals surface area contributed by atoms with Gasteiger partial charge < -0.3 is 10.6 Å². The Morgan fingerprint density at radius 3 is 2.60 bits per heavy atom. The van der Waals surface area contributed by atoms with E-state index in [9.17, 15) is 9.18 Å². The first-order valence-corrected chi connectivity index (χ1v) is 9.10. The molecule has 7 heteroatoms. The van der Waals surface area contributed by atoms with Crippen molar-refractivity contribution in [2.75, 3.05) is 13.1 Å². The molecule has 3 rings (SSSR count). The van der Waals surface area contributed by atoms with Gasteiger partial charge in [-0.05, 0) is 64.0 Å². The van der Waals surface area contributed by atoms with Crippen molar-refractivity contribution in [2.45, 2.75) is 32.7 Å². The molecule has 1 aromatic heterocycles. The number of benzene rings is 1. The lowest BCUT2D eigenvalue weighted by molar-refractivity contribution is -0.126. The molecule has 0 bridgehead atoms. The number of aromatic nitrogens is 1. The summed E-state index contributed by atoms with van der Waals surface area (Å²) in [6, 6.07) is 6.27. The number of nitrogens with zero attached hydrogens (tertiary/aromatic N) is 1. The van der Waals surface area contributed by atoms with Gasteiger partial charge >= 0.3 is 0 Å². The van der Waals surface area contributed by atoms with Crippen molar-refractivity contribution in [3.63, 3.8) is 0 Å². The predicted molar refractivity (Wildman–Crippen MR) is 102 cm³/mol. The van der Waals surface area contributed by atoms with Gasteiger partial charge in [-0.3, -0.25) is 4.79 Å². The monoisotopic (exact) mass is 383 g/mol. The van der Waals surface area contributed by atoms with E-state index >= 15 is 0 Å². The second-order valence-electron chi connectivity index (χ2n) is 6.23. The third-order valence-electron chi connectivity index (χ3n) is 4.39. The van der Waals surface area contributed by atoms with Gasteiger partial charge in [0.15, 0.2) is 0 Å². The molecule has 1 unspecified atom stereocenters. The summed E-state index contributed by atoms with van der Waals surface area (Å²) in [4.78, 5) is 18.0. The lowest BCUT2D eigenvalue weighted by Crippen LogP contribution is -2.39. The van der Waals surface area contributed by atoms with Crippen molar-refractivity contribution >= 4 is 29.7 Å². The number of carbonyl (C=O) groups is 1. The van der Waals surface area contributed by atoms with Crippen molar-refractivity contribution in [1.29, 1.82) is 0 Å². The standard InChI is InChI=1S/C18H22FN3OS.ClH/c1-11(21-17(23)13-7-9-20-10-8-13)16-12(2)22-18(24-16)14-3-5-15(19)6-4-14;/h3-6,11,13,20H,7-10H2,1-2H3,(H,21,23);1H. The van der Waals surface area contributed by atoms with Crippen LogP contribution in [0.15, 0.2) is 24.3 Å². The normalized spacial score (nSPS) is 16.1. The van der Waals surface area contributed by atoms with Gasteiger partial charge in [-0.2, -0.15) is 0 Å². The summed E-state index contributed by atoms with van der Waals surface area (Å²) in [7, 11) is 0. The summed E-state index contributed by atoms with van der Waals surface area (Å²) in [6.07, 6.45) is 1.78. The third kappa shape index (κ3) is 4.77. The zero-order chi connectivity index (χ0) is 17.1. The minimum atomic E-state index is -0.255. The van der Waals surface area contributed by atoms with E-state index in [-0.39, 0.29) is 36.1 Å². The maximum Gasteiger partial charge on any atom is 0.223 e. The lowest BCUT2D eigenvalue weighted by atomic mass is 9.97. The van der Waals surface area contributed by atoms with E-state index < -0.39 is 0 Å². The van der Waals surface area contributed by atoms with Gasteiger partial charge in [0.1, 0.15) is 10.8 Å². The van der Waals surface area contributed by atoms with Gasteiger partial charge in [0.05, 0.1) is 16.6 Å². The van der Waals surface area contributed by atoms with Crippen molar-refractivity contribution in [1.82, 2.24) is 15.6 Å². The predicted octanol–water partition coefficient (Wildman–Crippen LogP) is 3.86. The number of nitrogens with one attached hydrogen (secondary N) is 2. The smallest absolute Gasteiger partial charge is 0.223 e. The summed E-state index contributed by atoms with van der Waals surface area (Å²) in [5.41, 5.74) is 1.81. The van der Waals surface area contributed by atoms with Crippen molar-refractivity contribution in [3.8, 4) is 10.6 Å². The molecule has 0 radical (unpaired) electrons. The molecule has 4 nitrogen and oxygen atoms in total. The number of rotatable bonds is 4. The summed E-state index contributed by atoms with van der Waals surface area (Å²) in [5.74, 6) is -0.0338. The van der Waals surface area contributed by atoms with E-state index in [0.717, 1.165) is 47.1 Å². The largest absolute Gasteiger partial charge is 0.348 e. The third-order valence-corrected chi connectivity index (χ3v) is 5.77. The molecule has 2 N–H and O–H groups in total. The van der Waals surface area contributed by atoms with Crippen LogP contribution in [0.3, 0.4) is 0 Å². The number of hydrogen-bond acceptors (Lipinski definition) is 4. The van der Waals surface area contributed by atoms with Crippen LogP contribution >= 0.6 is 23.7 Å². The van der Waals surface area contributed by atoms with Crippen LogP contribution in [-0.2, 0) is 4.79 Å². The molecule has 1 aromatic carbocycles. The molecule has 1 atom stereocenters. The van der Waals surface area contributed by atoms with Gasteiger partial charge in [0.25, 0.3) is 0 Å². The molecule has 0 aliphatic carbocycles. The molecule has 1 aliphatic heterocycles. The van der Waals surface area contributed by atoms with E-state index in [1.807, 2.05) is 13.8 Å². The van der Waals surface area contributed by atoms with Gasteiger partial charge in [-0.15, -0.1) is 23.7 Å². The van der Waals surface area contributed by atoms with Crippen LogP contribution in [-0.4, -0.2) is 24.0 Å². The number of halogens is 2. The second-order valence-corrected chi connectivity index (χ2v) is 7.26. The number of piperidine rings is 1. The summed E-state index contributed by atoms with van der Waals surface area (Å²) in [5, 5.41) is 7.25. The molecule has 0 spiro atoms. The Kier molecular flexibility index (Phi) is 6.93. The highest BCUT2D eigenvalue weighted by atomic mass is 35.5. The van der Waals surface area contributed by atoms with E-state index in [1.54, 1.807) is 23.5 Å². The zero-order valence-corrected chi connectivity index (χ0v) is 16.0. The average molecular weight is 384 g/mol. The first-order chi connectivity index (χ1) is 11.5. The molecule has 25 heavy (non-hydrogen) atoms. The van der Waals surface area contributed by atoms with E-state index in [4.69, 9.17) is 0 Å². The van der Waals surface area contributed by atoms with Crippen LogP contribution in [0.5, 0.6) is 0 Å². The molecule has 136 valence electrons. The first kappa shape index (κ1) is 19.8. The van der Waals surface area contributed by atoms with Crippen LogP contribution in [0.25, 0.3) is 10.6 Å². The van der Waals surface area contributed by atoms with Gasteiger partial charge in [0.2, 0.25) is 5.91 Å². The Bertz CT molecular complexity index is 714. The van der Waals surface area contributed by atoms with Gasteiger partial charge in [-0.1, -0.05) is 0 Å². The van der Waals surface area contributed by atoms with Crippen LogP contribution in [0, 0.1) is 18.7 Å². The van der Waals surface area contributed by atoms with Crippen molar-refractivity contribution in [2.24, 2.45) is 5.92 Å². The van der Waals surface area contributed by atoms with Crippen molar-refractivity contribution in [3.05, 3.63) is 40.7 Å². The molecule has 1 saturated heterocycles. The molecule has 1 amide bonds. The Balaban J connectivity index is 0.00000225. The molecular weight excluding hydrogens is 361 g/mol. The Morgan fingerprint density at radius 1 is 1.32 bits per heavy atom. The van der Waals surface area contributed by atoms with Crippen LogP contribution in [0.1, 0.15) is 36.4 Å². The summed E-state index contributed by atoms with van der Waals surface area (Å²) < 4.78 is 13.1. The summed E-state index contributed by atoms with van der Waals surface area (Å²) >= 11 is 1.55. The Hall–Kier alpha value is -1.50. The highest BCUT2D eigenvalue weighted by Crippen LogP contribution is 2.32. The molecule has 2 heterocycles. The average Bonchev–Trinajstić information content (AvgIpc) is 2.98. The number of amides is 1. The fraction of sp³-hybridized carbons (Fsp3) is 0.444. The van der Waals surface area contributed by atoms with Crippen LogP contribution in [0.4, 0.5) is 4.39 Å². The first-order valence-electron chi connectivity index (χ1n) is 8.29. The van der Waals surface area contributed by atoms with Crippen LogP contribution in [0.2, 0.25) is 0 Å². The quantitative estimate of drug-likeness (QED) is 0.843. The van der Waals surface area contributed by atoms with E-state index in [2.05, 4.69) is 15.6 Å². The molecule has 0 saturated carbocycles. The fourth-order valence-corrected chi connectivity index (χ4v) is 4.08. The Morgan fingerprint density at radius 2 is 1.96 bits per heavy atom. The SMILES string of the molecule is Cc1nc(-c2ccc(F)cc2)sc1C(C)NC(=O)C1CCNCC1.Cl. The van der Waals surface area contributed by atoms with Gasteiger partial charge in [0, 0.05) is 11.5 Å². The second kappa shape index (κ2) is 8.74. The van der Waals surface area contributed by atoms with E-state index in [0.29, 0.717) is 0 Å². The maximum atomic E-state index is 13.1. The topological polar surface area (TPSA) is 54.0 Å². The molecule has 1 aliphatic rings. The number of aryl methyl sites for hydroxylation is 1. The minimum Gasteiger partial charge on any atom is -0.348 e. The molecule has 1 fully saturated rings. The highest BCUT2D eigenvalue weighted by Gasteiger charge is 2.24. The lowest BCUT2D eigenvalue weighted by Gasteiger charge is -2.23. The molecular formula is C18H23ClFN3OS. The van der Waals surface area contributed by atoms with Gasteiger partial charge in [-0.25, -0.2) is 9.37 Å². The Labute approximate surface area is 157 Å². The highest BCUT2D eigenvalue weighted by molar-refractivity contribution is 7.15. The zero-order valence-electron chi connectivity index (χ0n) is 14.3. The summed E-state index contributed by atoms with van der Waals surface area (Å²) in [6.45, 7) is 5.75. The number of hydrogen-bond donors (Lipinski definition) is 2. The fourth-order valence-electron chi connectivity index (χ4n) is 3.01. The maximum absolute atomic E-state index is 13.1. The minimum absolute atomic E-state index is 0. The number of carbonyl (C=O) groups excluding carboxylic acids is 1. The van der Waals surface area contributed by atoms with Crippen LogP contribution < -0.4 is 10.6 Å². The molecule has 2 aromatic rings.